The number of thiazole rings is 1. The molecule has 2 aromatic carbocycles. The van der Waals surface area contributed by atoms with Crippen molar-refractivity contribution < 1.29 is 9.21 Å². The van der Waals surface area contributed by atoms with E-state index in [1.54, 1.807) is 0 Å². The van der Waals surface area contributed by atoms with Crippen molar-refractivity contribution in [1.82, 2.24) is 4.98 Å². The molecule has 0 atom stereocenters. The molecule has 2 heterocycles. The number of rotatable bonds is 7. The lowest BCUT2D eigenvalue weighted by Gasteiger charge is -2.02. The predicted molar refractivity (Wildman–Crippen MR) is 130 cm³/mol. The Balaban J connectivity index is 1.33. The summed E-state index contributed by atoms with van der Waals surface area (Å²) >= 11 is 11.1. The number of hydrogen-bond donors (Lipinski definition) is 1. The third kappa shape index (κ3) is 5.64. The lowest BCUT2D eigenvalue weighted by molar-refractivity contribution is -0.116. The molecule has 0 fully saturated rings. The highest BCUT2D eigenvalue weighted by atomic mass is 79.9. The Labute approximate surface area is 198 Å². The normalized spacial score (nSPS) is 10.9. The fraction of sp³-hybridized carbons (Fsp3) is 0.167. The Morgan fingerprint density at radius 3 is 2.74 bits per heavy atom. The number of furan rings is 1. The van der Waals surface area contributed by atoms with Crippen LogP contribution < -0.4 is 5.32 Å². The molecular weight excluding hydrogens is 496 g/mol. The molecule has 0 bridgehead atoms. The Bertz CT molecular complexity index is 1200. The van der Waals surface area contributed by atoms with Crippen molar-refractivity contribution in [2.24, 2.45) is 0 Å². The second kappa shape index (κ2) is 9.81. The molecule has 0 unspecified atom stereocenters. The molecular formula is C24H20BrClN2O2S. The summed E-state index contributed by atoms with van der Waals surface area (Å²) in [5.41, 5.74) is 3.04. The van der Waals surface area contributed by atoms with Crippen molar-refractivity contribution in [2.45, 2.75) is 26.2 Å². The quantitative estimate of drug-likeness (QED) is 0.281. The van der Waals surface area contributed by atoms with Crippen LogP contribution in [0.25, 0.3) is 11.3 Å². The van der Waals surface area contributed by atoms with Crippen LogP contribution in [0.5, 0.6) is 0 Å². The number of halogens is 2. The highest BCUT2D eigenvalue weighted by Crippen LogP contribution is 2.29. The number of carbonyl (C=O) groups is 1. The number of aromatic nitrogens is 1. The van der Waals surface area contributed by atoms with Gasteiger partial charge in [0.2, 0.25) is 5.91 Å². The fourth-order valence-corrected chi connectivity index (χ4v) is 4.63. The predicted octanol–water partition coefficient (Wildman–Crippen LogP) is 7.29. The van der Waals surface area contributed by atoms with Crippen LogP contribution in [-0.2, 0) is 17.6 Å². The summed E-state index contributed by atoms with van der Waals surface area (Å²) in [7, 11) is 0. The van der Waals surface area contributed by atoms with E-state index in [-0.39, 0.29) is 5.91 Å². The third-order valence-corrected chi connectivity index (χ3v) is 7.11. The SMILES string of the molecule is Cc1nc(NC(=O)CCc2ccc(-c3ccccc3)o2)sc1Cc1ccc(Br)c(Cl)c1. The summed E-state index contributed by atoms with van der Waals surface area (Å²) in [6.07, 6.45) is 1.59. The van der Waals surface area contributed by atoms with Crippen molar-refractivity contribution in [2.75, 3.05) is 5.32 Å². The topological polar surface area (TPSA) is 55.1 Å². The molecule has 4 aromatic rings. The highest BCUT2D eigenvalue weighted by Gasteiger charge is 2.13. The molecule has 4 rings (SSSR count). The number of anilines is 1. The van der Waals surface area contributed by atoms with Gasteiger partial charge in [-0.15, -0.1) is 11.3 Å². The van der Waals surface area contributed by atoms with E-state index in [0.717, 1.165) is 44.1 Å². The van der Waals surface area contributed by atoms with E-state index in [1.165, 1.54) is 11.3 Å². The first-order valence-electron chi connectivity index (χ1n) is 9.82. The first kappa shape index (κ1) is 21.8. The number of hydrogen-bond acceptors (Lipinski definition) is 4. The molecule has 0 saturated heterocycles. The van der Waals surface area contributed by atoms with Gasteiger partial charge in [0, 0.05) is 34.2 Å². The van der Waals surface area contributed by atoms with Gasteiger partial charge < -0.3 is 9.73 Å². The average molecular weight is 516 g/mol. The Hall–Kier alpha value is -2.41. The fourth-order valence-electron chi connectivity index (χ4n) is 3.17. The minimum absolute atomic E-state index is 0.0790. The van der Waals surface area contributed by atoms with Gasteiger partial charge in [-0.05, 0) is 52.7 Å². The second-order valence-corrected chi connectivity index (χ2v) is 9.48. The zero-order valence-electron chi connectivity index (χ0n) is 16.8. The molecule has 0 saturated carbocycles. The first-order chi connectivity index (χ1) is 15.0. The molecule has 2 aromatic heterocycles. The van der Waals surface area contributed by atoms with E-state index < -0.39 is 0 Å². The Morgan fingerprint density at radius 2 is 1.97 bits per heavy atom. The first-order valence-corrected chi connectivity index (χ1v) is 11.8. The minimum atomic E-state index is -0.0790. The van der Waals surface area contributed by atoms with Gasteiger partial charge in [0.05, 0.1) is 10.7 Å². The standard InChI is InChI=1S/C24H20BrClN2O2S/c1-15-22(14-16-7-10-19(25)20(26)13-16)31-24(27-15)28-23(29)12-9-18-8-11-21(30-18)17-5-3-2-4-6-17/h2-8,10-11,13H,9,12,14H2,1H3,(H,27,28,29). The van der Waals surface area contributed by atoms with Gasteiger partial charge in [-0.3, -0.25) is 4.79 Å². The largest absolute Gasteiger partial charge is 0.461 e. The lowest BCUT2D eigenvalue weighted by Crippen LogP contribution is -2.11. The molecule has 31 heavy (non-hydrogen) atoms. The van der Waals surface area contributed by atoms with Gasteiger partial charge in [0.25, 0.3) is 0 Å². The van der Waals surface area contributed by atoms with Crippen LogP contribution in [0.15, 0.2) is 69.6 Å². The Kier molecular flexibility index (Phi) is 6.90. The van der Waals surface area contributed by atoms with Crippen molar-refractivity contribution in [1.29, 1.82) is 0 Å². The molecule has 158 valence electrons. The highest BCUT2D eigenvalue weighted by molar-refractivity contribution is 9.10. The number of amides is 1. The van der Waals surface area contributed by atoms with Gasteiger partial charge in [0.1, 0.15) is 11.5 Å². The van der Waals surface area contributed by atoms with Crippen molar-refractivity contribution in [3.63, 3.8) is 0 Å². The summed E-state index contributed by atoms with van der Waals surface area (Å²) < 4.78 is 6.75. The zero-order chi connectivity index (χ0) is 21.8. The van der Waals surface area contributed by atoms with Gasteiger partial charge >= 0.3 is 0 Å². The monoisotopic (exact) mass is 514 g/mol. The van der Waals surface area contributed by atoms with E-state index in [2.05, 4.69) is 26.2 Å². The summed E-state index contributed by atoms with van der Waals surface area (Å²) in [4.78, 5) is 18.0. The van der Waals surface area contributed by atoms with Gasteiger partial charge in [0.15, 0.2) is 5.13 Å². The number of aryl methyl sites for hydroxylation is 2. The third-order valence-electron chi connectivity index (χ3n) is 4.81. The van der Waals surface area contributed by atoms with Crippen molar-refractivity contribution in [3.05, 3.63) is 92.1 Å². The summed E-state index contributed by atoms with van der Waals surface area (Å²) in [6.45, 7) is 1.95. The van der Waals surface area contributed by atoms with Gasteiger partial charge in [-0.1, -0.05) is 48.0 Å². The summed E-state index contributed by atoms with van der Waals surface area (Å²) in [5, 5.41) is 4.21. The molecule has 0 aliphatic heterocycles. The summed E-state index contributed by atoms with van der Waals surface area (Å²) in [6, 6.07) is 19.7. The molecule has 1 N–H and O–H groups in total. The zero-order valence-corrected chi connectivity index (χ0v) is 20.0. The molecule has 1 amide bonds. The van der Waals surface area contributed by atoms with Crippen LogP contribution >= 0.6 is 38.9 Å². The summed E-state index contributed by atoms with van der Waals surface area (Å²) in [5.74, 6) is 1.52. The van der Waals surface area contributed by atoms with Crippen LogP contribution in [0.4, 0.5) is 5.13 Å². The van der Waals surface area contributed by atoms with Crippen LogP contribution in [0.3, 0.4) is 0 Å². The van der Waals surface area contributed by atoms with E-state index in [9.17, 15) is 4.79 Å². The number of carbonyl (C=O) groups excluding carboxylic acids is 1. The molecule has 0 aliphatic carbocycles. The number of benzene rings is 2. The van der Waals surface area contributed by atoms with E-state index >= 15 is 0 Å². The maximum Gasteiger partial charge on any atom is 0.226 e. The van der Waals surface area contributed by atoms with Gasteiger partial charge in [-0.25, -0.2) is 4.98 Å². The van der Waals surface area contributed by atoms with E-state index in [4.69, 9.17) is 16.0 Å². The van der Waals surface area contributed by atoms with Gasteiger partial charge in [-0.2, -0.15) is 0 Å². The maximum absolute atomic E-state index is 12.4. The minimum Gasteiger partial charge on any atom is -0.461 e. The molecule has 7 heteroatoms. The molecule has 0 radical (unpaired) electrons. The van der Waals surface area contributed by atoms with Crippen LogP contribution in [-0.4, -0.2) is 10.9 Å². The Morgan fingerprint density at radius 1 is 1.16 bits per heavy atom. The van der Waals surface area contributed by atoms with E-state index in [0.29, 0.717) is 23.0 Å². The number of nitrogens with zero attached hydrogens (tertiary/aromatic N) is 1. The second-order valence-electron chi connectivity index (χ2n) is 7.13. The molecule has 0 aliphatic rings. The molecule has 4 nitrogen and oxygen atoms in total. The average Bonchev–Trinajstić information content (AvgIpc) is 3.37. The van der Waals surface area contributed by atoms with Crippen LogP contribution in [0.1, 0.15) is 28.3 Å². The van der Waals surface area contributed by atoms with Crippen molar-refractivity contribution in [3.8, 4) is 11.3 Å². The lowest BCUT2D eigenvalue weighted by atomic mass is 10.1. The number of nitrogens with one attached hydrogen (secondary N) is 1. The van der Waals surface area contributed by atoms with Crippen molar-refractivity contribution >= 4 is 49.9 Å². The van der Waals surface area contributed by atoms with E-state index in [1.807, 2.05) is 67.6 Å². The maximum atomic E-state index is 12.4. The van der Waals surface area contributed by atoms with Crippen LogP contribution in [0, 0.1) is 6.92 Å². The smallest absolute Gasteiger partial charge is 0.226 e. The molecule has 0 spiro atoms. The van der Waals surface area contributed by atoms with Crippen LogP contribution in [0.2, 0.25) is 5.02 Å².